The molecule has 1 saturated heterocycles. The molecule has 4 nitrogen and oxygen atoms in total. The highest BCUT2D eigenvalue weighted by Crippen LogP contribution is 2.35. The highest BCUT2D eigenvalue weighted by atomic mass is 16.3. The van der Waals surface area contributed by atoms with Gasteiger partial charge >= 0.3 is 0 Å². The van der Waals surface area contributed by atoms with Gasteiger partial charge in [-0.2, -0.15) is 0 Å². The maximum absolute atomic E-state index is 10.1. The van der Waals surface area contributed by atoms with Gasteiger partial charge in [0.05, 0.1) is 12.4 Å². The number of hydrogen-bond donors (Lipinski definition) is 1. The van der Waals surface area contributed by atoms with Crippen LogP contribution in [-0.2, 0) is 6.54 Å². The zero-order valence-electron chi connectivity index (χ0n) is 10.9. The molecule has 1 aromatic rings. The summed E-state index contributed by atoms with van der Waals surface area (Å²) in [7, 11) is 0. The molecular formula is C14H23N3O. The Hall–Kier alpha value is -0.870. The predicted octanol–water partition coefficient (Wildman–Crippen LogP) is 1.51. The van der Waals surface area contributed by atoms with Crippen molar-refractivity contribution in [3.05, 3.63) is 18.7 Å². The summed E-state index contributed by atoms with van der Waals surface area (Å²) >= 11 is 0. The van der Waals surface area contributed by atoms with E-state index in [0.717, 1.165) is 19.5 Å². The van der Waals surface area contributed by atoms with Gasteiger partial charge in [0, 0.05) is 37.4 Å². The third-order valence-corrected chi connectivity index (χ3v) is 4.64. The monoisotopic (exact) mass is 249 g/mol. The Morgan fingerprint density at radius 3 is 2.83 bits per heavy atom. The maximum Gasteiger partial charge on any atom is 0.0946 e. The molecule has 4 heteroatoms. The summed E-state index contributed by atoms with van der Waals surface area (Å²) in [5, 5.41) is 10.1. The summed E-state index contributed by atoms with van der Waals surface area (Å²) in [5.74, 6) is 0.523. The lowest BCUT2D eigenvalue weighted by molar-refractivity contribution is 0.0734. The molecule has 0 radical (unpaired) electrons. The summed E-state index contributed by atoms with van der Waals surface area (Å²) < 4.78 is 2.14. The van der Waals surface area contributed by atoms with E-state index in [1.165, 1.54) is 32.2 Å². The van der Waals surface area contributed by atoms with Crippen LogP contribution in [0.2, 0.25) is 0 Å². The Morgan fingerprint density at radius 1 is 1.17 bits per heavy atom. The summed E-state index contributed by atoms with van der Waals surface area (Å²) in [6.07, 6.45) is 11.7. The second-order valence-electron chi connectivity index (χ2n) is 5.71. The van der Waals surface area contributed by atoms with Crippen LogP contribution in [0.15, 0.2) is 18.7 Å². The number of likely N-dealkylation sites (tertiary alicyclic amines) is 1. The molecule has 3 atom stereocenters. The predicted molar refractivity (Wildman–Crippen MR) is 70.2 cm³/mol. The molecule has 1 aromatic heterocycles. The van der Waals surface area contributed by atoms with Gasteiger partial charge in [0.25, 0.3) is 0 Å². The van der Waals surface area contributed by atoms with Crippen LogP contribution in [0.5, 0.6) is 0 Å². The molecular weight excluding hydrogens is 226 g/mol. The zero-order valence-corrected chi connectivity index (χ0v) is 10.9. The topological polar surface area (TPSA) is 41.3 Å². The molecule has 1 aliphatic carbocycles. The normalized spacial score (nSPS) is 33.3. The van der Waals surface area contributed by atoms with Crippen LogP contribution in [-0.4, -0.2) is 44.8 Å². The van der Waals surface area contributed by atoms with Crippen LogP contribution in [0.3, 0.4) is 0 Å². The van der Waals surface area contributed by atoms with Crippen LogP contribution in [0.4, 0.5) is 0 Å². The SMILES string of the molecule is OC1CCCC1C1CCCN1CCn1ccnc1. The van der Waals surface area contributed by atoms with Gasteiger partial charge in [-0.15, -0.1) is 0 Å². The van der Waals surface area contributed by atoms with Crippen molar-refractivity contribution in [2.45, 2.75) is 50.8 Å². The van der Waals surface area contributed by atoms with E-state index in [2.05, 4.69) is 14.5 Å². The summed E-state index contributed by atoms with van der Waals surface area (Å²) in [6, 6.07) is 0.617. The van der Waals surface area contributed by atoms with E-state index in [0.29, 0.717) is 12.0 Å². The first-order valence-corrected chi connectivity index (χ1v) is 7.22. The minimum absolute atomic E-state index is 0.0520. The summed E-state index contributed by atoms with van der Waals surface area (Å²) in [5.41, 5.74) is 0. The van der Waals surface area contributed by atoms with Gasteiger partial charge in [-0.25, -0.2) is 4.98 Å². The van der Waals surface area contributed by atoms with Gasteiger partial charge in [0.1, 0.15) is 0 Å². The van der Waals surface area contributed by atoms with Crippen molar-refractivity contribution < 1.29 is 5.11 Å². The van der Waals surface area contributed by atoms with Crippen LogP contribution in [0.25, 0.3) is 0 Å². The fourth-order valence-electron chi connectivity index (χ4n) is 3.70. The quantitative estimate of drug-likeness (QED) is 0.879. The van der Waals surface area contributed by atoms with E-state index in [-0.39, 0.29) is 6.10 Å². The molecule has 0 spiro atoms. The molecule has 100 valence electrons. The van der Waals surface area contributed by atoms with E-state index in [4.69, 9.17) is 0 Å². The van der Waals surface area contributed by atoms with Crippen molar-refractivity contribution in [2.24, 2.45) is 5.92 Å². The van der Waals surface area contributed by atoms with Gasteiger partial charge in [0.15, 0.2) is 0 Å². The lowest BCUT2D eigenvalue weighted by Crippen LogP contribution is -2.40. The van der Waals surface area contributed by atoms with Crippen molar-refractivity contribution in [3.63, 3.8) is 0 Å². The van der Waals surface area contributed by atoms with Crippen molar-refractivity contribution in [2.75, 3.05) is 13.1 Å². The highest BCUT2D eigenvalue weighted by Gasteiger charge is 2.37. The Labute approximate surface area is 109 Å². The summed E-state index contributed by atoms with van der Waals surface area (Å²) in [6.45, 7) is 3.30. The Morgan fingerprint density at radius 2 is 2.11 bits per heavy atom. The molecule has 0 aromatic carbocycles. The molecule has 0 amide bonds. The molecule has 18 heavy (non-hydrogen) atoms. The molecule has 2 fully saturated rings. The minimum Gasteiger partial charge on any atom is -0.393 e. The smallest absolute Gasteiger partial charge is 0.0946 e. The molecule has 2 heterocycles. The molecule has 3 rings (SSSR count). The molecule has 1 saturated carbocycles. The zero-order chi connectivity index (χ0) is 12.4. The maximum atomic E-state index is 10.1. The van der Waals surface area contributed by atoms with E-state index in [1.54, 1.807) is 0 Å². The van der Waals surface area contributed by atoms with Gasteiger partial charge in [0.2, 0.25) is 0 Å². The van der Waals surface area contributed by atoms with Crippen LogP contribution < -0.4 is 0 Å². The number of aliphatic hydroxyl groups excluding tert-OH is 1. The number of aliphatic hydroxyl groups is 1. The standard InChI is InChI=1S/C14H23N3O/c18-14-5-1-3-12(14)13-4-2-7-17(13)10-9-16-8-6-15-11-16/h6,8,11-14,18H,1-5,7,9-10H2. The van der Waals surface area contributed by atoms with Crippen LogP contribution in [0.1, 0.15) is 32.1 Å². The second kappa shape index (κ2) is 5.41. The number of aromatic nitrogens is 2. The second-order valence-corrected chi connectivity index (χ2v) is 5.71. The molecule has 1 aliphatic heterocycles. The number of rotatable bonds is 4. The fraction of sp³-hybridized carbons (Fsp3) is 0.786. The minimum atomic E-state index is -0.0520. The number of hydrogen-bond acceptors (Lipinski definition) is 3. The average molecular weight is 249 g/mol. The lowest BCUT2D eigenvalue weighted by atomic mass is 9.94. The Bertz CT molecular complexity index is 365. The number of nitrogens with zero attached hydrogens (tertiary/aromatic N) is 3. The lowest BCUT2D eigenvalue weighted by Gasteiger charge is -2.31. The van der Waals surface area contributed by atoms with Crippen LogP contribution >= 0.6 is 0 Å². The molecule has 0 bridgehead atoms. The first kappa shape index (κ1) is 12.2. The van der Waals surface area contributed by atoms with E-state index >= 15 is 0 Å². The Kier molecular flexibility index (Phi) is 3.66. The highest BCUT2D eigenvalue weighted by molar-refractivity contribution is 4.91. The van der Waals surface area contributed by atoms with Crippen molar-refractivity contribution in [3.8, 4) is 0 Å². The number of imidazole rings is 1. The van der Waals surface area contributed by atoms with Crippen LogP contribution in [0, 0.1) is 5.92 Å². The average Bonchev–Trinajstić information content (AvgIpc) is 3.06. The van der Waals surface area contributed by atoms with Gasteiger partial charge < -0.3 is 9.67 Å². The first-order valence-electron chi connectivity index (χ1n) is 7.22. The van der Waals surface area contributed by atoms with E-state index in [1.807, 2.05) is 18.7 Å². The fourth-order valence-corrected chi connectivity index (χ4v) is 3.70. The molecule has 1 N–H and O–H groups in total. The van der Waals surface area contributed by atoms with Crippen molar-refractivity contribution in [1.82, 2.24) is 14.5 Å². The van der Waals surface area contributed by atoms with Gasteiger partial charge in [-0.05, 0) is 32.2 Å². The largest absolute Gasteiger partial charge is 0.393 e. The van der Waals surface area contributed by atoms with Crippen molar-refractivity contribution >= 4 is 0 Å². The molecule has 2 aliphatic rings. The van der Waals surface area contributed by atoms with Crippen molar-refractivity contribution in [1.29, 1.82) is 0 Å². The van der Waals surface area contributed by atoms with Gasteiger partial charge in [-0.1, -0.05) is 6.42 Å². The summed E-state index contributed by atoms with van der Waals surface area (Å²) in [4.78, 5) is 6.66. The molecule has 3 unspecified atom stereocenters. The van der Waals surface area contributed by atoms with E-state index < -0.39 is 0 Å². The third-order valence-electron chi connectivity index (χ3n) is 4.64. The first-order chi connectivity index (χ1) is 8.84. The van der Waals surface area contributed by atoms with Gasteiger partial charge in [-0.3, -0.25) is 4.90 Å². The van der Waals surface area contributed by atoms with E-state index in [9.17, 15) is 5.11 Å². The third kappa shape index (κ3) is 2.45. The Balaban J connectivity index is 1.57.